The highest BCUT2D eigenvalue weighted by molar-refractivity contribution is 7.92. The van der Waals surface area contributed by atoms with Crippen molar-refractivity contribution in [3.63, 3.8) is 0 Å². The van der Waals surface area contributed by atoms with Gasteiger partial charge >= 0.3 is 0 Å². The molecule has 1 amide bonds. The van der Waals surface area contributed by atoms with Gasteiger partial charge in [-0.25, -0.2) is 8.42 Å². The van der Waals surface area contributed by atoms with Crippen LogP contribution in [0.3, 0.4) is 0 Å². The van der Waals surface area contributed by atoms with Crippen LogP contribution in [0, 0.1) is 6.92 Å². The number of hydrogen-bond donors (Lipinski definition) is 2. The number of nitrogens with one attached hydrogen (secondary N) is 2. The van der Waals surface area contributed by atoms with Crippen molar-refractivity contribution in [3.8, 4) is 5.75 Å². The number of hydrogen-bond acceptors (Lipinski definition) is 4. The summed E-state index contributed by atoms with van der Waals surface area (Å²) in [5.74, 6) is 0.537. The lowest BCUT2D eigenvalue weighted by Gasteiger charge is -2.14. The van der Waals surface area contributed by atoms with Crippen molar-refractivity contribution in [2.75, 3.05) is 18.4 Å². The highest BCUT2D eigenvalue weighted by Crippen LogP contribution is 2.22. The fourth-order valence-corrected chi connectivity index (χ4v) is 4.15. The van der Waals surface area contributed by atoms with E-state index >= 15 is 0 Å². The van der Waals surface area contributed by atoms with Gasteiger partial charge in [0.15, 0.2) is 0 Å². The van der Waals surface area contributed by atoms with Crippen LogP contribution in [0.2, 0.25) is 0 Å². The van der Waals surface area contributed by atoms with Gasteiger partial charge < -0.3 is 10.1 Å². The molecule has 0 aliphatic heterocycles. The topological polar surface area (TPSA) is 84.5 Å². The van der Waals surface area contributed by atoms with Gasteiger partial charge in [-0.2, -0.15) is 0 Å². The van der Waals surface area contributed by atoms with Gasteiger partial charge in [0.25, 0.3) is 15.9 Å². The van der Waals surface area contributed by atoms with E-state index in [0.29, 0.717) is 29.8 Å². The fourth-order valence-electron chi connectivity index (χ4n) is 3.00. The zero-order valence-electron chi connectivity index (χ0n) is 16.9. The first-order valence-electron chi connectivity index (χ1n) is 9.49. The second kappa shape index (κ2) is 9.45. The molecule has 7 heteroatoms. The van der Waals surface area contributed by atoms with E-state index in [2.05, 4.69) is 10.0 Å². The van der Waals surface area contributed by atoms with E-state index in [1.807, 2.05) is 24.3 Å². The van der Waals surface area contributed by atoms with E-state index in [1.165, 1.54) is 12.1 Å². The lowest BCUT2D eigenvalue weighted by atomic mass is 10.1. The Morgan fingerprint density at radius 3 is 2.30 bits per heavy atom. The van der Waals surface area contributed by atoms with Crippen molar-refractivity contribution >= 4 is 21.6 Å². The minimum Gasteiger partial charge on any atom is -0.497 e. The summed E-state index contributed by atoms with van der Waals surface area (Å²) < 4.78 is 32.9. The van der Waals surface area contributed by atoms with Gasteiger partial charge in [0, 0.05) is 12.1 Å². The monoisotopic (exact) mass is 424 g/mol. The van der Waals surface area contributed by atoms with Gasteiger partial charge in [-0.3, -0.25) is 9.52 Å². The summed E-state index contributed by atoms with van der Waals surface area (Å²) in [7, 11) is -2.11. The maximum absolute atomic E-state index is 12.6. The van der Waals surface area contributed by atoms with Crippen LogP contribution in [0.4, 0.5) is 5.69 Å². The largest absolute Gasteiger partial charge is 0.497 e. The molecule has 0 aliphatic carbocycles. The van der Waals surface area contributed by atoms with Crippen molar-refractivity contribution in [1.82, 2.24) is 5.32 Å². The second-order valence-electron chi connectivity index (χ2n) is 6.75. The molecule has 0 aromatic heterocycles. The molecule has 0 radical (unpaired) electrons. The van der Waals surface area contributed by atoms with Crippen LogP contribution < -0.4 is 14.8 Å². The number of methoxy groups -OCH3 is 1. The summed E-state index contributed by atoms with van der Waals surface area (Å²) in [4.78, 5) is 12.8. The number of benzene rings is 3. The Kier molecular flexibility index (Phi) is 6.74. The number of amides is 1. The number of rotatable bonds is 8. The Bertz CT molecular complexity index is 1110. The van der Waals surface area contributed by atoms with Crippen LogP contribution in [-0.4, -0.2) is 28.0 Å². The van der Waals surface area contributed by atoms with Crippen molar-refractivity contribution in [1.29, 1.82) is 0 Å². The Morgan fingerprint density at radius 1 is 0.933 bits per heavy atom. The molecule has 2 N–H and O–H groups in total. The molecule has 156 valence electrons. The van der Waals surface area contributed by atoms with E-state index in [0.717, 1.165) is 11.3 Å². The summed E-state index contributed by atoms with van der Waals surface area (Å²) in [5.41, 5.74) is 2.45. The minimum atomic E-state index is -3.73. The molecular weight excluding hydrogens is 400 g/mol. The molecule has 3 aromatic carbocycles. The Morgan fingerprint density at radius 2 is 1.63 bits per heavy atom. The predicted octanol–water partition coefficient (Wildman–Crippen LogP) is 3.78. The molecule has 0 saturated carbocycles. The molecule has 0 unspecified atom stereocenters. The summed E-state index contributed by atoms with van der Waals surface area (Å²) in [6.45, 7) is 2.19. The van der Waals surface area contributed by atoms with Crippen LogP contribution in [-0.2, 0) is 16.4 Å². The molecule has 0 fully saturated rings. The van der Waals surface area contributed by atoms with E-state index in [1.54, 1.807) is 50.4 Å². The molecule has 0 bridgehead atoms. The maximum Gasteiger partial charge on any atom is 0.261 e. The second-order valence-corrected chi connectivity index (χ2v) is 8.43. The summed E-state index contributed by atoms with van der Waals surface area (Å²) in [5, 5.41) is 2.89. The Hall–Kier alpha value is -3.32. The van der Waals surface area contributed by atoms with Gasteiger partial charge in [0.2, 0.25) is 0 Å². The van der Waals surface area contributed by atoms with Crippen LogP contribution in [0.15, 0.2) is 77.7 Å². The zero-order valence-corrected chi connectivity index (χ0v) is 17.7. The number of carbonyl (C=O) groups excluding carboxylic acids is 1. The highest BCUT2D eigenvalue weighted by Gasteiger charge is 2.17. The lowest BCUT2D eigenvalue weighted by Crippen LogP contribution is -2.26. The summed E-state index contributed by atoms with van der Waals surface area (Å²) in [6.07, 6.45) is 0.676. The summed E-state index contributed by atoms with van der Waals surface area (Å²) >= 11 is 0. The summed E-state index contributed by atoms with van der Waals surface area (Å²) in [6, 6.07) is 20.8. The van der Waals surface area contributed by atoms with E-state index in [9.17, 15) is 13.2 Å². The average Bonchev–Trinajstić information content (AvgIpc) is 2.76. The molecule has 0 heterocycles. The van der Waals surface area contributed by atoms with Crippen LogP contribution in [0.25, 0.3) is 0 Å². The molecule has 3 aromatic rings. The van der Waals surface area contributed by atoms with Crippen LogP contribution in [0.1, 0.15) is 21.5 Å². The Labute approximate surface area is 177 Å². The zero-order chi connectivity index (χ0) is 21.6. The first-order valence-corrected chi connectivity index (χ1v) is 11.0. The van der Waals surface area contributed by atoms with E-state index in [-0.39, 0.29) is 10.8 Å². The third-order valence-corrected chi connectivity index (χ3v) is 6.12. The molecule has 0 atom stereocenters. The van der Waals surface area contributed by atoms with Crippen molar-refractivity contribution in [2.45, 2.75) is 18.2 Å². The average molecular weight is 425 g/mol. The first kappa shape index (κ1) is 21.4. The van der Waals surface area contributed by atoms with Gasteiger partial charge in [0.1, 0.15) is 5.75 Å². The van der Waals surface area contributed by atoms with Crippen LogP contribution >= 0.6 is 0 Å². The molecule has 0 aliphatic rings. The lowest BCUT2D eigenvalue weighted by molar-refractivity contribution is 0.0953. The maximum atomic E-state index is 12.6. The Balaban J connectivity index is 1.67. The van der Waals surface area contributed by atoms with Gasteiger partial charge in [-0.05, 0) is 60.9 Å². The fraction of sp³-hybridized carbons (Fsp3) is 0.174. The van der Waals surface area contributed by atoms with E-state index in [4.69, 9.17) is 4.74 Å². The first-order chi connectivity index (χ1) is 14.4. The molecule has 0 saturated heterocycles. The van der Waals surface area contributed by atoms with Gasteiger partial charge in [-0.15, -0.1) is 0 Å². The third-order valence-electron chi connectivity index (χ3n) is 4.73. The molecule has 3 rings (SSSR count). The standard InChI is InChI=1S/C23H24N2O4S/c1-17-21(23(26)24-16-15-18-11-13-19(29-2)14-12-18)9-6-10-22(17)25-30(27,28)20-7-4-3-5-8-20/h3-14,25H,15-16H2,1-2H3,(H,24,26). The van der Waals surface area contributed by atoms with Crippen molar-refractivity contribution in [3.05, 3.63) is 89.5 Å². The van der Waals surface area contributed by atoms with Crippen molar-refractivity contribution < 1.29 is 17.9 Å². The van der Waals surface area contributed by atoms with Gasteiger partial charge in [0.05, 0.1) is 17.7 Å². The smallest absolute Gasteiger partial charge is 0.261 e. The van der Waals surface area contributed by atoms with Crippen molar-refractivity contribution in [2.24, 2.45) is 0 Å². The predicted molar refractivity (Wildman–Crippen MR) is 117 cm³/mol. The van der Waals surface area contributed by atoms with Gasteiger partial charge in [-0.1, -0.05) is 36.4 Å². The normalized spacial score (nSPS) is 11.0. The number of anilines is 1. The molecular formula is C23H24N2O4S. The minimum absolute atomic E-state index is 0.166. The quantitative estimate of drug-likeness (QED) is 0.576. The molecule has 6 nitrogen and oxygen atoms in total. The highest BCUT2D eigenvalue weighted by atomic mass is 32.2. The van der Waals surface area contributed by atoms with E-state index < -0.39 is 10.0 Å². The number of ether oxygens (including phenoxy) is 1. The SMILES string of the molecule is COc1ccc(CCNC(=O)c2cccc(NS(=O)(=O)c3ccccc3)c2C)cc1. The number of carbonyl (C=O) groups is 1. The number of sulfonamides is 1. The molecule has 30 heavy (non-hydrogen) atoms. The molecule has 0 spiro atoms. The third kappa shape index (κ3) is 5.18. The van der Waals surface area contributed by atoms with Crippen LogP contribution in [0.5, 0.6) is 5.75 Å².